The monoisotopic (exact) mass is 380 g/mol. The molecule has 1 unspecified atom stereocenters. The van der Waals surface area contributed by atoms with Crippen molar-refractivity contribution in [3.63, 3.8) is 0 Å². The number of hydrogen-bond donors (Lipinski definition) is 4. The number of unbranched alkanes of at least 4 members (excludes halogenated alkanes) is 2. The summed E-state index contributed by atoms with van der Waals surface area (Å²) in [4.78, 5) is 35.6. The molecule has 1 rings (SSSR count). The molecule has 0 radical (unpaired) electrons. The Morgan fingerprint density at radius 2 is 1.88 bits per heavy atom. The van der Waals surface area contributed by atoms with E-state index in [0.717, 1.165) is 19.3 Å². The molecule has 0 aliphatic rings. The summed E-state index contributed by atoms with van der Waals surface area (Å²) in [5.41, 5.74) is 7.08. The molecule has 0 fully saturated rings. The third-order valence-corrected chi connectivity index (χ3v) is 4.67. The van der Waals surface area contributed by atoms with Crippen LogP contribution in [0, 0.1) is 0 Å². The Hall–Kier alpha value is -1.86. The highest BCUT2D eigenvalue weighted by atomic mass is 32.1. The number of benzene rings is 1. The molecule has 0 bridgehead atoms. The van der Waals surface area contributed by atoms with Gasteiger partial charge in [0.15, 0.2) is 5.78 Å². The van der Waals surface area contributed by atoms with Crippen LogP contribution in [0.5, 0.6) is 0 Å². The summed E-state index contributed by atoms with van der Waals surface area (Å²) in [5.74, 6) is -1.77. The number of carbonyl (C=O) groups excluding carboxylic acids is 2. The third-order valence-electron chi connectivity index (χ3n) is 4.17. The lowest BCUT2D eigenvalue weighted by Crippen LogP contribution is -2.48. The van der Waals surface area contributed by atoms with E-state index in [0.29, 0.717) is 17.5 Å². The van der Waals surface area contributed by atoms with Crippen LogP contribution >= 0.6 is 12.6 Å². The van der Waals surface area contributed by atoms with Crippen molar-refractivity contribution in [2.24, 2.45) is 5.73 Å². The Labute approximate surface area is 159 Å². The van der Waals surface area contributed by atoms with Crippen LogP contribution in [0.15, 0.2) is 24.3 Å². The Kier molecular flexibility index (Phi) is 9.37. The first-order valence-electron chi connectivity index (χ1n) is 8.86. The van der Waals surface area contributed by atoms with Crippen molar-refractivity contribution >= 4 is 30.3 Å². The van der Waals surface area contributed by atoms with Gasteiger partial charge in [0.05, 0.1) is 11.3 Å². The van der Waals surface area contributed by atoms with E-state index in [4.69, 9.17) is 10.8 Å². The summed E-state index contributed by atoms with van der Waals surface area (Å²) >= 11 is 4.43. The number of thiol groups is 1. The van der Waals surface area contributed by atoms with Gasteiger partial charge < -0.3 is 16.2 Å². The first-order chi connectivity index (χ1) is 12.3. The molecule has 0 aliphatic carbocycles. The average molecular weight is 381 g/mol. The molecule has 0 saturated heterocycles. The van der Waals surface area contributed by atoms with Crippen LogP contribution in [0.3, 0.4) is 0 Å². The zero-order valence-electron chi connectivity index (χ0n) is 15.3. The smallest absolute Gasteiger partial charge is 0.325 e. The van der Waals surface area contributed by atoms with E-state index in [-0.39, 0.29) is 17.5 Å². The standard InChI is InChI=1S/C19H28N2O4S/c1-3-4-5-10-16(26)17(22)14-9-7-6-8-13(14)11-15(20)18(23)21-12(2)19(24)25/h6-9,12,15-16,26H,3-5,10-11,20H2,1-2H3,(H,21,23)(H,24,25)/t12-,15?,16+/m0/s1. The molecule has 26 heavy (non-hydrogen) atoms. The molecule has 1 aromatic rings. The lowest BCUT2D eigenvalue weighted by atomic mass is 9.94. The molecule has 0 spiro atoms. The number of carboxylic acids is 1. The van der Waals surface area contributed by atoms with Gasteiger partial charge in [0.25, 0.3) is 0 Å². The Morgan fingerprint density at radius 1 is 1.23 bits per heavy atom. The molecule has 4 N–H and O–H groups in total. The highest BCUT2D eigenvalue weighted by Gasteiger charge is 2.23. The SMILES string of the molecule is CCCCC[C@@H](S)C(=O)c1ccccc1CC(N)C(=O)N[C@@H](C)C(=O)O. The fraction of sp³-hybridized carbons (Fsp3) is 0.526. The predicted octanol–water partition coefficient (Wildman–Crippen LogP) is 2.21. The van der Waals surface area contributed by atoms with Crippen LogP contribution in [-0.2, 0) is 16.0 Å². The molecule has 0 aliphatic heterocycles. The topological polar surface area (TPSA) is 109 Å². The molecule has 6 nitrogen and oxygen atoms in total. The number of rotatable bonds is 11. The molecule has 144 valence electrons. The maximum Gasteiger partial charge on any atom is 0.325 e. The van der Waals surface area contributed by atoms with Gasteiger partial charge in [-0.15, -0.1) is 0 Å². The van der Waals surface area contributed by atoms with Gasteiger partial charge in [-0.3, -0.25) is 14.4 Å². The van der Waals surface area contributed by atoms with Crippen molar-refractivity contribution in [3.8, 4) is 0 Å². The van der Waals surface area contributed by atoms with Crippen LogP contribution in [-0.4, -0.2) is 40.1 Å². The van der Waals surface area contributed by atoms with E-state index in [1.807, 2.05) is 0 Å². The second-order valence-corrected chi connectivity index (χ2v) is 7.04. The molecule has 0 saturated carbocycles. The van der Waals surface area contributed by atoms with Crippen LogP contribution < -0.4 is 11.1 Å². The second-order valence-electron chi connectivity index (χ2n) is 6.41. The minimum Gasteiger partial charge on any atom is -0.480 e. The number of nitrogens with one attached hydrogen (secondary N) is 1. The number of amides is 1. The summed E-state index contributed by atoms with van der Waals surface area (Å²) in [5, 5.41) is 10.8. The van der Waals surface area contributed by atoms with Crippen LogP contribution in [0.4, 0.5) is 0 Å². The first-order valence-corrected chi connectivity index (χ1v) is 9.38. The van der Waals surface area contributed by atoms with Gasteiger partial charge in [-0.2, -0.15) is 12.6 Å². The van der Waals surface area contributed by atoms with E-state index in [1.54, 1.807) is 24.3 Å². The van der Waals surface area contributed by atoms with Gasteiger partial charge in [-0.1, -0.05) is 50.5 Å². The van der Waals surface area contributed by atoms with E-state index >= 15 is 0 Å². The van der Waals surface area contributed by atoms with Crippen LogP contribution in [0.1, 0.15) is 55.5 Å². The highest BCUT2D eigenvalue weighted by Crippen LogP contribution is 2.19. The summed E-state index contributed by atoms with van der Waals surface area (Å²) in [6.45, 7) is 3.47. The average Bonchev–Trinajstić information content (AvgIpc) is 2.61. The first kappa shape index (κ1) is 22.2. The third kappa shape index (κ3) is 6.80. The van der Waals surface area contributed by atoms with E-state index in [1.165, 1.54) is 6.92 Å². The Bertz CT molecular complexity index is 636. The summed E-state index contributed by atoms with van der Waals surface area (Å²) < 4.78 is 0. The molecular formula is C19H28N2O4S. The summed E-state index contributed by atoms with van der Waals surface area (Å²) in [6, 6.07) is 5.05. The van der Waals surface area contributed by atoms with Gasteiger partial charge in [0.1, 0.15) is 6.04 Å². The summed E-state index contributed by atoms with van der Waals surface area (Å²) in [6.07, 6.45) is 3.92. The van der Waals surface area contributed by atoms with Crippen LogP contribution in [0.2, 0.25) is 0 Å². The molecule has 0 aromatic heterocycles. The number of ketones is 1. The van der Waals surface area contributed by atoms with Gasteiger partial charge in [0, 0.05) is 5.56 Å². The minimum absolute atomic E-state index is 0.0773. The second kappa shape index (κ2) is 11.0. The quantitative estimate of drug-likeness (QED) is 0.267. The van der Waals surface area contributed by atoms with Crippen molar-refractivity contribution in [3.05, 3.63) is 35.4 Å². The van der Waals surface area contributed by atoms with Crippen molar-refractivity contribution < 1.29 is 19.5 Å². The number of hydrogen-bond acceptors (Lipinski definition) is 5. The van der Waals surface area contributed by atoms with E-state index < -0.39 is 24.0 Å². The van der Waals surface area contributed by atoms with Gasteiger partial charge >= 0.3 is 5.97 Å². The van der Waals surface area contributed by atoms with Gasteiger partial charge in [-0.25, -0.2) is 0 Å². The fourth-order valence-electron chi connectivity index (χ4n) is 2.55. The van der Waals surface area contributed by atoms with Crippen LogP contribution in [0.25, 0.3) is 0 Å². The van der Waals surface area contributed by atoms with Crippen molar-refractivity contribution in [2.75, 3.05) is 0 Å². The van der Waals surface area contributed by atoms with E-state index in [9.17, 15) is 14.4 Å². The molecule has 1 amide bonds. The molecule has 3 atom stereocenters. The normalized spacial score (nSPS) is 14.3. The molecule has 1 aromatic carbocycles. The largest absolute Gasteiger partial charge is 0.480 e. The zero-order chi connectivity index (χ0) is 19.7. The maximum absolute atomic E-state index is 12.7. The van der Waals surface area contributed by atoms with Gasteiger partial charge in [-0.05, 0) is 25.3 Å². The molecule has 7 heteroatoms. The Balaban J connectivity index is 2.80. The summed E-state index contributed by atoms with van der Waals surface area (Å²) in [7, 11) is 0. The lowest BCUT2D eigenvalue weighted by Gasteiger charge is -2.17. The predicted molar refractivity (Wildman–Crippen MR) is 105 cm³/mol. The van der Waals surface area contributed by atoms with Gasteiger partial charge in [0.2, 0.25) is 5.91 Å². The number of carbonyl (C=O) groups is 3. The van der Waals surface area contributed by atoms with Crippen molar-refractivity contribution in [1.82, 2.24) is 5.32 Å². The number of nitrogens with two attached hydrogens (primary N) is 1. The number of aliphatic carboxylic acids is 1. The molecule has 0 heterocycles. The minimum atomic E-state index is -1.13. The van der Waals surface area contributed by atoms with Crippen molar-refractivity contribution in [2.45, 2.75) is 63.3 Å². The number of Topliss-reactive ketones (excluding diaryl/α,β-unsaturated/α-hetero) is 1. The maximum atomic E-state index is 12.7. The number of carboxylic acid groups (broad SMARTS) is 1. The van der Waals surface area contributed by atoms with E-state index in [2.05, 4.69) is 24.9 Å². The zero-order valence-corrected chi connectivity index (χ0v) is 16.2. The fourth-order valence-corrected chi connectivity index (χ4v) is 2.87. The molecular weight excluding hydrogens is 352 g/mol. The highest BCUT2D eigenvalue weighted by molar-refractivity contribution is 7.81. The lowest BCUT2D eigenvalue weighted by molar-refractivity contribution is -0.141. The Morgan fingerprint density at radius 3 is 2.50 bits per heavy atom. The van der Waals surface area contributed by atoms with Crippen molar-refractivity contribution in [1.29, 1.82) is 0 Å².